The Labute approximate surface area is 130 Å². The molecule has 7 heteroatoms. The molecule has 106 valence electrons. The van der Waals surface area contributed by atoms with E-state index in [1.54, 1.807) is 18.2 Å². The molecule has 1 amide bonds. The first kappa shape index (κ1) is 13.6. The van der Waals surface area contributed by atoms with Crippen LogP contribution < -0.4 is 15.0 Å². The number of ether oxygens (including phenoxy) is 1. The molecular weight excluding hydrogens is 346 g/mol. The van der Waals surface area contributed by atoms with Crippen molar-refractivity contribution < 1.29 is 9.53 Å². The van der Waals surface area contributed by atoms with Gasteiger partial charge in [0.2, 0.25) is 0 Å². The van der Waals surface area contributed by atoms with Crippen molar-refractivity contribution in [2.24, 2.45) is 0 Å². The predicted molar refractivity (Wildman–Crippen MR) is 81.0 cm³/mol. The summed E-state index contributed by atoms with van der Waals surface area (Å²) in [5.41, 5.74) is 0.954. The van der Waals surface area contributed by atoms with E-state index in [-0.39, 0.29) is 12.2 Å². The summed E-state index contributed by atoms with van der Waals surface area (Å²) in [5.74, 6) is 0.637. The molecule has 0 saturated carbocycles. The number of halogens is 2. The Bertz CT molecular complexity index is 593. The zero-order chi connectivity index (χ0) is 14.3. The summed E-state index contributed by atoms with van der Waals surface area (Å²) in [6, 6.07) is 5.62. The van der Waals surface area contributed by atoms with Gasteiger partial charge in [-0.25, -0.2) is 0 Å². The van der Waals surface area contributed by atoms with Gasteiger partial charge in [0, 0.05) is 25.0 Å². The number of amides is 1. The van der Waals surface area contributed by atoms with Crippen molar-refractivity contribution >= 4 is 39.1 Å². The second-order valence-corrected chi connectivity index (χ2v) is 5.80. The maximum Gasteiger partial charge on any atom is 0.265 e. The van der Waals surface area contributed by atoms with Crippen LogP contribution in [0.25, 0.3) is 0 Å². The summed E-state index contributed by atoms with van der Waals surface area (Å²) in [4.78, 5) is 15.9. The van der Waals surface area contributed by atoms with Gasteiger partial charge in [0.1, 0.15) is 5.75 Å². The lowest BCUT2D eigenvalue weighted by molar-refractivity contribution is -0.128. The molecule has 2 aliphatic heterocycles. The Morgan fingerprint density at radius 3 is 2.85 bits per heavy atom. The van der Waals surface area contributed by atoms with Crippen LogP contribution in [0.3, 0.4) is 0 Å². The molecule has 1 aromatic rings. The van der Waals surface area contributed by atoms with Crippen LogP contribution in [0, 0.1) is 0 Å². The number of carbonyl (C=O) groups excluding carboxylic acids is 1. The second kappa shape index (κ2) is 5.18. The maximum atomic E-state index is 12.0. The molecule has 0 spiro atoms. The van der Waals surface area contributed by atoms with Crippen molar-refractivity contribution in [1.82, 2.24) is 10.2 Å². The SMILES string of the molecule is COc1ccc(N2CCN3C(=O)C(Br)=CNC32)cc1Cl. The number of hydrogen-bond donors (Lipinski definition) is 1. The van der Waals surface area contributed by atoms with Gasteiger partial charge in [-0.15, -0.1) is 0 Å². The van der Waals surface area contributed by atoms with E-state index >= 15 is 0 Å². The molecule has 0 bridgehead atoms. The molecule has 2 aliphatic rings. The topological polar surface area (TPSA) is 44.8 Å². The lowest BCUT2D eigenvalue weighted by atomic mass is 10.2. The van der Waals surface area contributed by atoms with Gasteiger partial charge < -0.3 is 15.0 Å². The van der Waals surface area contributed by atoms with Gasteiger partial charge >= 0.3 is 0 Å². The monoisotopic (exact) mass is 357 g/mol. The number of hydrogen-bond acceptors (Lipinski definition) is 4. The molecular formula is C13H13BrClN3O2. The average molecular weight is 359 g/mol. The lowest BCUT2D eigenvalue weighted by Crippen LogP contribution is -2.53. The van der Waals surface area contributed by atoms with Crippen LogP contribution in [0.5, 0.6) is 5.75 Å². The molecule has 1 aromatic carbocycles. The van der Waals surface area contributed by atoms with E-state index in [4.69, 9.17) is 16.3 Å². The van der Waals surface area contributed by atoms with E-state index in [1.807, 2.05) is 18.2 Å². The van der Waals surface area contributed by atoms with Gasteiger partial charge in [-0.3, -0.25) is 9.69 Å². The van der Waals surface area contributed by atoms with E-state index in [0.29, 0.717) is 21.8 Å². The van der Waals surface area contributed by atoms with Gasteiger partial charge in [-0.05, 0) is 34.1 Å². The second-order valence-electron chi connectivity index (χ2n) is 4.54. The minimum atomic E-state index is -0.173. The number of benzene rings is 1. The fourth-order valence-corrected chi connectivity index (χ4v) is 3.08. The molecule has 20 heavy (non-hydrogen) atoms. The van der Waals surface area contributed by atoms with Gasteiger partial charge in [-0.2, -0.15) is 0 Å². The van der Waals surface area contributed by atoms with Crippen LogP contribution in [-0.2, 0) is 4.79 Å². The van der Waals surface area contributed by atoms with Crippen LogP contribution >= 0.6 is 27.5 Å². The third kappa shape index (κ3) is 2.13. The van der Waals surface area contributed by atoms with Gasteiger partial charge in [0.15, 0.2) is 6.29 Å². The zero-order valence-corrected chi connectivity index (χ0v) is 13.1. The largest absolute Gasteiger partial charge is 0.495 e. The summed E-state index contributed by atoms with van der Waals surface area (Å²) in [7, 11) is 1.59. The van der Waals surface area contributed by atoms with Gasteiger partial charge in [0.25, 0.3) is 5.91 Å². The number of methoxy groups -OCH3 is 1. The summed E-state index contributed by atoms with van der Waals surface area (Å²) in [6.45, 7) is 1.42. The van der Waals surface area contributed by atoms with Crippen molar-refractivity contribution in [1.29, 1.82) is 0 Å². The first-order valence-corrected chi connectivity index (χ1v) is 7.32. The predicted octanol–water partition coefficient (Wildman–Crippen LogP) is 2.12. The summed E-state index contributed by atoms with van der Waals surface area (Å²) < 4.78 is 5.70. The fraction of sp³-hybridized carbons (Fsp3) is 0.308. The van der Waals surface area contributed by atoms with E-state index in [9.17, 15) is 4.79 Å². The Morgan fingerprint density at radius 2 is 2.15 bits per heavy atom. The number of nitrogens with one attached hydrogen (secondary N) is 1. The number of rotatable bonds is 2. The first-order valence-electron chi connectivity index (χ1n) is 6.14. The quantitative estimate of drug-likeness (QED) is 0.879. The molecule has 1 unspecified atom stereocenters. The van der Waals surface area contributed by atoms with Gasteiger partial charge in [0.05, 0.1) is 16.6 Å². The number of fused-ring (bicyclic) bond motifs is 1. The molecule has 0 radical (unpaired) electrons. The highest BCUT2D eigenvalue weighted by molar-refractivity contribution is 9.12. The van der Waals surface area contributed by atoms with E-state index in [0.717, 1.165) is 12.2 Å². The Hall–Kier alpha value is -1.40. The molecule has 0 aliphatic carbocycles. The highest BCUT2D eigenvalue weighted by Gasteiger charge is 2.38. The van der Waals surface area contributed by atoms with Crippen LogP contribution in [0.15, 0.2) is 28.9 Å². The smallest absolute Gasteiger partial charge is 0.265 e. The van der Waals surface area contributed by atoms with Crippen molar-refractivity contribution in [3.05, 3.63) is 33.9 Å². The summed E-state index contributed by atoms with van der Waals surface area (Å²) in [6.07, 6.45) is 1.51. The normalized spacial score (nSPS) is 21.4. The lowest BCUT2D eigenvalue weighted by Gasteiger charge is -2.34. The van der Waals surface area contributed by atoms with Crippen molar-refractivity contribution in [2.75, 3.05) is 25.1 Å². The Morgan fingerprint density at radius 1 is 1.40 bits per heavy atom. The van der Waals surface area contributed by atoms with Crippen molar-refractivity contribution in [3.8, 4) is 5.75 Å². The molecule has 1 atom stereocenters. The molecule has 5 nitrogen and oxygen atoms in total. The minimum absolute atomic E-state index is 0.00383. The Kier molecular flexibility index (Phi) is 3.52. The van der Waals surface area contributed by atoms with Crippen LogP contribution in [0.4, 0.5) is 5.69 Å². The standard InChI is InChI=1S/C13H13BrClN3O2/c1-20-11-3-2-8(6-10(11)15)17-4-5-18-12(19)9(14)7-16-13(17)18/h2-3,6-7,13,16H,4-5H2,1H3. The molecule has 0 aromatic heterocycles. The average Bonchev–Trinajstić information content (AvgIpc) is 2.87. The number of nitrogens with zero attached hydrogens (tertiary/aromatic N) is 2. The third-order valence-corrected chi connectivity index (χ3v) is 4.33. The zero-order valence-electron chi connectivity index (χ0n) is 10.8. The van der Waals surface area contributed by atoms with Crippen LogP contribution in [0.1, 0.15) is 0 Å². The van der Waals surface area contributed by atoms with Crippen molar-refractivity contribution in [3.63, 3.8) is 0 Å². The molecule has 2 heterocycles. The first-order chi connectivity index (χ1) is 9.61. The highest BCUT2D eigenvalue weighted by atomic mass is 79.9. The van der Waals surface area contributed by atoms with E-state index in [1.165, 1.54) is 0 Å². The maximum absolute atomic E-state index is 12.0. The van der Waals surface area contributed by atoms with Crippen LogP contribution in [-0.4, -0.2) is 37.3 Å². The van der Waals surface area contributed by atoms with E-state index < -0.39 is 0 Å². The number of anilines is 1. The number of carbonyl (C=O) groups is 1. The molecule has 1 N–H and O–H groups in total. The molecule has 3 rings (SSSR count). The van der Waals surface area contributed by atoms with Crippen LogP contribution in [0.2, 0.25) is 5.02 Å². The minimum Gasteiger partial charge on any atom is -0.495 e. The molecule has 1 saturated heterocycles. The summed E-state index contributed by atoms with van der Waals surface area (Å²) >= 11 is 9.41. The molecule has 1 fully saturated rings. The van der Waals surface area contributed by atoms with E-state index in [2.05, 4.69) is 26.1 Å². The fourth-order valence-electron chi connectivity index (χ4n) is 2.47. The highest BCUT2D eigenvalue weighted by Crippen LogP contribution is 2.32. The van der Waals surface area contributed by atoms with Crippen molar-refractivity contribution in [2.45, 2.75) is 6.29 Å². The van der Waals surface area contributed by atoms with Gasteiger partial charge in [-0.1, -0.05) is 11.6 Å². The summed E-state index contributed by atoms with van der Waals surface area (Å²) in [5, 5.41) is 3.76. The third-order valence-electron chi connectivity index (χ3n) is 3.46. The Balaban J connectivity index is 1.89.